The molecule has 1 aromatic carbocycles. The third kappa shape index (κ3) is 3.33. The fraction of sp³-hybridized carbons (Fsp3) is 0.450. The van der Waals surface area contributed by atoms with Crippen molar-refractivity contribution < 1.29 is 4.39 Å². The summed E-state index contributed by atoms with van der Waals surface area (Å²) in [6.07, 6.45) is 3.81. The normalized spacial score (nSPS) is 17.7. The lowest BCUT2D eigenvalue weighted by Gasteiger charge is -2.28. The lowest BCUT2D eigenvalue weighted by atomic mass is 10.0. The van der Waals surface area contributed by atoms with Crippen LogP contribution >= 0.6 is 0 Å². The molecule has 2 aliphatic heterocycles. The first kappa shape index (κ1) is 17.1. The quantitative estimate of drug-likeness (QED) is 0.922. The van der Waals surface area contributed by atoms with Crippen LogP contribution in [0.5, 0.6) is 0 Å². The van der Waals surface area contributed by atoms with E-state index < -0.39 is 0 Å². The van der Waals surface area contributed by atoms with Crippen LogP contribution in [0.2, 0.25) is 0 Å². The maximum absolute atomic E-state index is 13.8. The monoisotopic (exact) mass is 354 g/mol. The van der Waals surface area contributed by atoms with Crippen LogP contribution in [-0.2, 0) is 19.5 Å². The predicted octanol–water partition coefficient (Wildman–Crippen LogP) is 2.75. The number of aromatic amines is 1. The number of halogens is 1. The number of fused-ring (bicyclic) bond motifs is 1. The largest absolute Gasteiger partial charge is 0.305 e. The molecule has 3 heterocycles. The Hall–Kier alpha value is -2.34. The van der Waals surface area contributed by atoms with Crippen molar-refractivity contribution in [3.8, 4) is 0 Å². The SMILES string of the molecule is Cc1c(F)cccc1CN1CCc2nc(C3=NCCCC3)[nH]c(=O)c2C1. The van der Waals surface area contributed by atoms with Crippen LogP contribution in [0, 0.1) is 12.7 Å². The summed E-state index contributed by atoms with van der Waals surface area (Å²) in [6, 6.07) is 5.16. The van der Waals surface area contributed by atoms with Gasteiger partial charge in [-0.2, -0.15) is 0 Å². The molecule has 0 unspecified atom stereocenters. The van der Waals surface area contributed by atoms with Crippen LogP contribution in [0.4, 0.5) is 4.39 Å². The van der Waals surface area contributed by atoms with Crippen molar-refractivity contribution in [3.63, 3.8) is 0 Å². The molecule has 136 valence electrons. The first-order valence-corrected chi connectivity index (χ1v) is 9.24. The van der Waals surface area contributed by atoms with Gasteiger partial charge in [-0.1, -0.05) is 12.1 Å². The van der Waals surface area contributed by atoms with Crippen molar-refractivity contribution in [2.24, 2.45) is 4.99 Å². The zero-order valence-electron chi connectivity index (χ0n) is 15.0. The van der Waals surface area contributed by atoms with Crippen LogP contribution in [0.1, 0.15) is 47.5 Å². The van der Waals surface area contributed by atoms with Crippen LogP contribution in [0.3, 0.4) is 0 Å². The Morgan fingerprint density at radius 2 is 2.15 bits per heavy atom. The first-order chi connectivity index (χ1) is 12.6. The number of hydrogen-bond donors (Lipinski definition) is 1. The maximum Gasteiger partial charge on any atom is 0.255 e. The molecule has 0 saturated carbocycles. The molecular weight excluding hydrogens is 331 g/mol. The van der Waals surface area contributed by atoms with Crippen LogP contribution in [0.25, 0.3) is 0 Å². The second-order valence-electron chi connectivity index (χ2n) is 7.11. The summed E-state index contributed by atoms with van der Waals surface area (Å²) in [6.45, 7) is 4.60. The Bertz CT molecular complexity index is 919. The molecule has 0 spiro atoms. The van der Waals surface area contributed by atoms with Gasteiger partial charge in [-0.25, -0.2) is 9.37 Å². The Kier molecular flexibility index (Phi) is 4.68. The highest BCUT2D eigenvalue weighted by Crippen LogP contribution is 2.20. The van der Waals surface area contributed by atoms with Gasteiger partial charge in [0.15, 0.2) is 5.82 Å². The Morgan fingerprint density at radius 1 is 1.27 bits per heavy atom. The Balaban J connectivity index is 1.56. The van der Waals surface area contributed by atoms with E-state index in [1.165, 1.54) is 6.07 Å². The molecule has 0 radical (unpaired) electrons. The lowest BCUT2D eigenvalue weighted by Crippen LogP contribution is -2.36. The minimum absolute atomic E-state index is 0.0704. The van der Waals surface area contributed by atoms with Crippen molar-refractivity contribution in [3.05, 3.63) is 62.6 Å². The third-order valence-corrected chi connectivity index (χ3v) is 5.32. The number of hydrogen-bond acceptors (Lipinski definition) is 4. The van der Waals surface area contributed by atoms with E-state index in [2.05, 4.69) is 14.9 Å². The highest BCUT2D eigenvalue weighted by molar-refractivity contribution is 5.97. The van der Waals surface area contributed by atoms with E-state index in [-0.39, 0.29) is 11.4 Å². The summed E-state index contributed by atoms with van der Waals surface area (Å²) in [5, 5.41) is 0. The average molecular weight is 354 g/mol. The average Bonchev–Trinajstić information content (AvgIpc) is 2.66. The van der Waals surface area contributed by atoms with E-state index in [0.29, 0.717) is 24.5 Å². The zero-order valence-corrected chi connectivity index (χ0v) is 15.0. The molecule has 4 rings (SSSR count). The van der Waals surface area contributed by atoms with E-state index in [9.17, 15) is 9.18 Å². The number of benzene rings is 1. The van der Waals surface area contributed by atoms with Gasteiger partial charge in [0.05, 0.1) is 17.0 Å². The summed E-state index contributed by atoms with van der Waals surface area (Å²) in [4.78, 5) is 26.9. The van der Waals surface area contributed by atoms with Gasteiger partial charge >= 0.3 is 0 Å². The molecule has 26 heavy (non-hydrogen) atoms. The van der Waals surface area contributed by atoms with Crippen molar-refractivity contribution in [2.45, 2.75) is 45.7 Å². The number of nitrogens with zero attached hydrogens (tertiary/aromatic N) is 3. The van der Waals surface area contributed by atoms with Crippen LogP contribution < -0.4 is 5.56 Å². The standard InChI is InChI=1S/C20H23FN4O/c1-13-14(5-4-6-16(13)21)11-25-10-8-17-15(12-25)20(26)24-19(23-17)18-7-2-3-9-22-18/h4-6H,2-3,7-12H2,1H3,(H,23,24,26). The molecule has 1 aromatic heterocycles. The van der Waals surface area contributed by atoms with Gasteiger partial charge in [0.1, 0.15) is 5.82 Å². The molecule has 6 heteroatoms. The van der Waals surface area contributed by atoms with Gasteiger partial charge in [0.25, 0.3) is 5.56 Å². The minimum atomic E-state index is -0.183. The number of aromatic nitrogens is 2. The van der Waals surface area contributed by atoms with Crippen molar-refractivity contribution in [1.29, 1.82) is 0 Å². The molecular formula is C20H23FN4O. The van der Waals surface area contributed by atoms with Crippen LogP contribution in [0.15, 0.2) is 28.0 Å². The fourth-order valence-electron chi connectivity index (χ4n) is 3.71. The van der Waals surface area contributed by atoms with Crippen molar-refractivity contribution >= 4 is 5.71 Å². The van der Waals surface area contributed by atoms with Gasteiger partial charge in [-0.05, 0) is 43.4 Å². The summed E-state index contributed by atoms with van der Waals surface area (Å²) < 4.78 is 13.8. The molecule has 2 aromatic rings. The van der Waals surface area contributed by atoms with Gasteiger partial charge in [-0.15, -0.1) is 0 Å². The number of aliphatic imine (C=N–C) groups is 1. The van der Waals surface area contributed by atoms with E-state index in [1.807, 2.05) is 6.07 Å². The maximum atomic E-state index is 13.8. The summed E-state index contributed by atoms with van der Waals surface area (Å²) in [7, 11) is 0. The van der Waals surface area contributed by atoms with E-state index >= 15 is 0 Å². The molecule has 0 aliphatic carbocycles. The van der Waals surface area contributed by atoms with E-state index in [1.54, 1.807) is 13.0 Å². The second kappa shape index (κ2) is 7.11. The molecule has 0 saturated heterocycles. The van der Waals surface area contributed by atoms with Gasteiger partial charge < -0.3 is 4.98 Å². The van der Waals surface area contributed by atoms with E-state index in [4.69, 9.17) is 4.98 Å². The highest BCUT2D eigenvalue weighted by atomic mass is 19.1. The molecule has 0 fully saturated rings. The van der Waals surface area contributed by atoms with Gasteiger partial charge in [0.2, 0.25) is 0 Å². The lowest BCUT2D eigenvalue weighted by molar-refractivity contribution is 0.241. The molecule has 0 atom stereocenters. The molecule has 0 amide bonds. The zero-order chi connectivity index (χ0) is 18.1. The summed E-state index contributed by atoms with van der Waals surface area (Å²) in [5.41, 5.74) is 4.10. The number of H-pyrrole nitrogens is 1. The topological polar surface area (TPSA) is 61.4 Å². The number of rotatable bonds is 3. The van der Waals surface area contributed by atoms with Crippen molar-refractivity contribution in [1.82, 2.24) is 14.9 Å². The highest BCUT2D eigenvalue weighted by Gasteiger charge is 2.23. The predicted molar refractivity (Wildman–Crippen MR) is 99.1 cm³/mol. The second-order valence-corrected chi connectivity index (χ2v) is 7.11. The Labute approximate surface area is 152 Å². The minimum Gasteiger partial charge on any atom is -0.305 e. The molecule has 2 aliphatic rings. The molecule has 5 nitrogen and oxygen atoms in total. The Morgan fingerprint density at radius 3 is 2.96 bits per heavy atom. The van der Waals surface area contributed by atoms with E-state index in [0.717, 1.165) is 61.3 Å². The smallest absolute Gasteiger partial charge is 0.255 e. The molecule has 1 N–H and O–H groups in total. The number of nitrogens with one attached hydrogen (secondary N) is 1. The van der Waals surface area contributed by atoms with Gasteiger partial charge in [-0.3, -0.25) is 14.7 Å². The first-order valence-electron chi connectivity index (χ1n) is 9.24. The van der Waals surface area contributed by atoms with Crippen LogP contribution in [-0.4, -0.2) is 33.7 Å². The summed E-state index contributed by atoms with van der Waals surface area (Å²) in [5.74, 6) is 0.459. The summed E-state index contributed by atoms with van der Waals surface area (Å²) >= 11 is 0. The van der Waals surface area contributed by atoms with Gasteiger partial charge in [0, 0.05) is 32.6 Å². The molecule has 0 bridgehead atoms. The van der Waals surface area contributed by atoms with Crippen molar-refractivity contribution in [2.75, 3.05) is 13.1 Å². The third-order valence-electron chi connectivity index (χ3n) is 5.32. The fourth-order valence-corrected chi connectivity index (χ4v) is 3.71.